The fourth-order valence-electron chi connectivity index (χ4n) is 4.36. The van der Waals surface area contributed by atoms with E-state index in [1.54, 1.807) is 55.6 Å². The molecule has 0 radical (unpaired) electrons. The number of aliphatic hydroxyl groups excluding tert-OH is 1. The van der Waals surface area contributed by atoms with Crippen molar-refractivity contribution in [1.82, 2.24) is 4.90 Å². The summed E-state index contributed by atoms with van der Waals surface area (Å²) in [6.07, 6.45) is 0.642. The van der Waals surface area contributed by atoms with E-state index in [0.717, 1.165) is 11.1 Å². The van der Waals surface area contributed by atoms with Gasteiger partial charge >= 0.3 is 5.97 Å². The number of hydrogen-bond acceptors (Lipinski definition) is 6. The molecule has 0 fully saturated rings. The second-order valence-electron chi connectivity index (χ2n) is 8.47. The highest BCUT2D eigenvalue weighted by Gasteiger charge is 2.43. The van der Waals surface area contributed by atoms with Gasteiger partial charge in [-0.25, -0.2) is 4.79 Å². The molecular weight excluding hydrogens is 458 g/mol. The standard InChI is InChI=1S/C29H27NO6/c1-35-23-10-6-9-22(17-23)26-25(24(31)16-13-19-7-4-3-5-8-19)27(32)28(33)30(26)18-20-11-14-21(15-12-20)29(34)36-2/h3-12,14-15,17,26,32H,13,16,18H2,1-2H3. The Labute approximate surface area is 209 Å². The van der Waals surface area contributed by atoms with Crippen LogP contribution < -0.4 is 4.74 Å². The van der Waals surface area contributed by atoms with Crippen molar-refractivity contribution in [2.45, 2.75) is 25.4 Å². The van der Waals surface area contributed by atoms with Crippen LogP contribution in [-0.2, 0) is 27.3 Å². The lowest BCUT2D eigenvalue weighted by Gasteiger charge is -2.27. The van der Waals surface area contributed by atoms with Crippen molar-refractivity contribution < 1.29 is 29.0 Å². The zero-order valence-corrected chi connectivity index (χ0v) is 20.1. The number of rotatable bonds is 9. The fraction of sp³-hybridized carbons (Fsp3) is 0.207. The number of hydrogen-bond donors (Lipinski definition) is 1. The van der Waals surface area contributed by atoms with Gasteiger partial charge in [0.15, 0.2) is 11.5 Å². The Morgan fingerprint density at radius 1 is 0.917 bits per heavy atom. The number of nitrogens with zero attached hydrogens (tertiary/aromatic N) is 1. The monoisotopic (exact) mass is 485 g/mol. The molecule has 1 N–H and O–H groups in total. The molecule has 0 spiro atoms. The minimum atomic E-state index is -0.781. The SMILES string of the molecule is COC(=O)c1ccc(CN2C(=O)C(O)=C(C(=O)CCc3ccccc3)C2c2cccc(OC)c2)cc1. The second kappa shape index (κ2) is 10.9. The molecular formula is C29H27NO6. The normalized spacial score (nSPS) is 15.2. The molecule has 3 aromatic carbocycles. The predicted molar refractivity (Wildman–Crippen MR) is 133 cm³/mol. The van der Waals surface area contributed by atoms with Crippen molar-refractivity contribution in [3.63, 3.8) is 0 Å². The van der Waals surface area contributed by atoms with Crippen LogP contribution in [0.5, 0.6) is 5.75 Å². The lowest BCUT2D eigenvalue weighted by atomic mass is 9.93. The van der Waals surface area contributed by atoms with E-state index >= 15 is 0 Å². The molecule has 36 heavy (non-hydrogen) atoms. The molecule has 0 bridgehead atoms. The van der Waals surface area contributed by atoms with Crippen LogP contribution in [0.15, 0.2) is 90.2 Å². The van der Waals surface area contributed by atoms with E-state index in [9.17, 15) is 19.5 Å². The summed E-state index contributed by atoms with van der Waals surface area (Å²) in [6, 6.07) is 22.6. The zero-order valence-electron chi connectivity index (χ0n) is 20.1. The third kappa shape index (κ3) is 5.15. The van der Waals surface area contributed by atoms with Gasteiger partial charge in [0.25, 0.3) is 5.91 Å². The smallest absolute Gasteiger partial charge is 0.337 e. The van der Waals surface area contributed by atoms with Gasteiger partial charge in [0.05, 0.1) is 31.4 Å². The molecule has 1 heterocycles. The first kappa shape index (κ1) is 24.7. The van der Waals surface area contributed by atoms with Crippen LogP contribution in [0, 0.1) is 0 Å². The van der Waals surface area contributed by atoms with E-state index in [1.807, 2.05) is 30.3 Å². The number of ketones is 1. The van der Waals surface area contributed by atoms with E-state index in [4.69, 9.17) is 9.47 Å². The van der Waals surface area contributed by atoms with Crippen LogP contribution in [0.3, 0.4) is 0 Å². The third-order valence-corrected chi connectivity index (χ3v) is 6.23. The van der Waals surface area contributed by atoms with Crippen molar-refractivity contribution in [3.8, 4) is 5.75 Å². The summed E-state index contributed by atoms with van der Waals surface area (Å²) in [5.41, 5.74) is 2.85. The topological polar surface area (TPSA) is 93.1 Å². The van der Waals surface area contributed by atoms with Gasteiger partial charge in [-0.15, -0.1) is 0 Å². The van der Waals surface area contributed by atoms with E-state index in [1.165, 1.54) is 12.0 Å². The molecule has 184 valence electrons. The highest BCUT2D eigenvalue weighted by molar-refractivity contribution is 6.09. The van der Waals surface area contributed by atoms with Gasteiger partial charge in [0.1, 0.15) is 5.75 Å². The van der Waals surface area contributed by atoms with E-state index in [-0.39, 0.29) is 24.3 Å². The quantitative estimate of drug-likeness (QED) is 0.446. The van der Waals surface area contributed by atoms with E-state index in [0.29, 0.717) is 23.3 Å². The highest BCUT2D eigenvalue weighted by Crippen LogP contribution is 2.40. The summed E-state index contributed by atoms with van der Waals surface area (Å²) in [7, 11) is 2.85. The molecule has 4 rings (SSSR count). The first-order valence-electron chi connectivity index (χ1n) is 11.6. The van der Waals surface area contributed by atoms with Crippen molar-refractivity contribution in [1.29, 1.82) is 0 Å². The predicted octanol–water partition coefficient (Wildman–Crippen LogP) is 4.58. The van der Waals surface area contributed by atoms with Gasteiger partial charge in [-0.05, 0) is 47.4 Å². The Morgan fingerprint density at radius 2 is 1.64 bits per heavy atom. The first-order chi connectivity index (χ1) is 17.4. The van der Waals surface area contributed by atoms with Gasteiger partial charge in [0.2, 0.25) is 0 Å². The maximum absolute atomic E-state index is 13.4. The van der Waals surface area contributed by atoms with Crippen LogP contribution >= 0.6 is 0 Å². The van der Waals surface area contributed by atoms with Gasteiger partial charge < -0.3 is 19.5 Å². The zero-order chi connectivity index (χ0) is 25.7. The van der Waals surface area contributed by atoms with Crippen LogP contribution in [0.25, 0.3) is 0 Å². The van der Waals surface area contributed by atoms with Crippen LogP contribution in [-0.4, -0.2) is 41.9 Å². The summed E-state index contributed by atoms with van der Waals surface area (Å²) in [4.78, 5) is 39.8. The minimum absolute atomic E-state index is 0.0790. The Balaban J connectivity index is 1.66. The molecule has 1 unspecified atom stereocenters. The number of benzene rings is 3. The number of ether oxygens (including phenoxy) is 2. The number of amides is 1. The molecule has 7 nitrogen and oxygen atoms in total. The molecule has 3 aromatic rings. The molecule has 0 saturated heterocycles. The molecule has 1 aliphatic heterocycles. The average molecular weight is 486 g/mol. The van der Waals surface area contributed by atoms with Gasteiger partial charge in [-0.3, -0.25) is 9.59 Å². The molecule has 0 aromatic heterocycles. The molecule has 1 aliphatic rings. The third-order valence-electron chi connectivity index (χ3n) is 6.23. The van der Waals surface area contributed by atoms with Gasteiger partial charge in [0, 0.05) is 13.0 Å². The number of carbonyl (C=O) groups is 3. The minimum Gasteiger partial charge on any atom is -0.503 e. The van der Waals surface area contributed by atoms with Crippen LogP contribution in [0.4, 0.5) is 0 Å². The number of Topliss-reactive ketones (excluding diaryl/α,β-unsaturated/α-hetero) is 1. The Hall–Kier alpha value is -4.39. The van der Waals surface area contributed by atoms with E-state index < -0.39 is 23.7 Å². The molecule has 1 atom stereocenters. The van der Waals surface area contributed by atoms with Gasteiger partial charge in [-0.2, -0.15) is 0 Å². The number of aliphatic hydroxyl groups is 1. The Bertz CT molecular complexity index is 1300. The van der Waals surface area contributed by atoms with Crippen molar-refractivity contribution in [3.05, 3.63) is 112 Å². The summed E-state index contributed by atoms with van der Waals surface area (Å²) in [5.74, 6) is -1.33. The van der Waals surface area contributed by atoms with Crippen LogP contribution in [0.2, 0.25) is 0 Å². The first-order valence-corrected chi connectivity index (χ1v) is 11.6. The molecule has 0 saturated carbocycles. The number of aryl methyl sites for hydroxylation is 1. The lowest BCUT2D eigenvalue weighted by Crippen LogP contribution is -2.30. The molecule has 7 heteroatoms. The maximum atomic E-state index is 13.4. The maximum Gasteiger partial charge on any atom is 0.337 e. The molecule has 0 aliphatic carbocycles. The fourth-order valence-corrected chi connectivity index (χ4v) is 4.36. The lowest BCUT2D eigenvalue weighted by molar-refractivity contribution is -0.130. The molecule has 1 amide bonds. The Kier molecular flexibility index (Phi) is 7.49. The van der Waals surface area contributed by atoms with Crippen molar-refractivity contribution >= 4 is 17.7 Å². The number of esters is 1. The second-order valence-corrected chi connectivity index (χ2v) is 8.47. The summed E-state index contributed by atoms with van der Waals surface area (Å²) >= 11 is 0. The summed E-state index contributed by atoms with van der Waals surface area (Å²) in [5, 5.41) is 10.9. The summed E-state index contributed by atoms with van der Waals surface area (Å²) < 4.78 is 10.1. The van der Waals surface area contributed by atoms with Crippen molar-refractivity contribution in [2.75, 3.05) is 14.2 Å². The summed E-state index contributed by atoms with van der Waals surface area (Å²) in [6.45, 7) is 0.127. The van der Waals surface area contributed by atoms with Crippen LogP contribution in [0.1, 0.15) is 39.5 Å². The van der Waals surface area contributed by atoms with E-state index in [2.05, 4.69) is 0 Å². The average Bonchev–Trinajstić information content (AvgIpc) is 3.17. The number of carbonyl (C=O) groups excluding carboxylic acids is 3. The van der Waals surface area contributed by atoms with Gasteiger partial charge in [-0.1, -0.05) is 54.6 Å². The van der Waals surface area contributed by atoms with Crippen molar-refractivity contribution in [2.24, 2.45) is 0 Å². The number of methoxy groups -OCH3 is 2. The largest absolute Gasteiger partial charge is 0.503 e. The Morgan fingerprint density at radius 3 is 2.31 bits per heavy atom. The highest BCUT2D eigenvalue weighted by atomic mass is 16.5.